The molecule has 0 spiro atoms. The summed E-state index contributed by atoms with van der Waals surface area (Å²) in [5.41, 5.74) is -1.70. The molecule has 1 heterocycles. The van der Waals surface area contributed by atoms with Gasteiger partial charge in [0.2, 0.25) is 5.91 Å². The summed E-state index contributed by atoms with van der Waals surface area (Å²) in [7, 11) is 0. The zero-order valence-corrected chi connectivity index (χ0v) is 13.6. The summed E-state index contributed by atoms with van der Waals surface area (Å²) in [6, 6.07) is 3.39. The molecule has 1 saturated heterocycles. The van der Waals surface area contributed by atoms with Gasteiger partial charge in [-0.3, -0.25) is 4.79 Å². The molecule has 0 radical (unpaired) electrons. The van der Waals surface area contributed by atoms with Crippen LogP contribution < -0.4 is 5.32 Å². The summed E-state index contributed by atoms with van der Waals surface area (Å²) in [5.74, 6) is -1.62. The standard InChI is InChI=1S/C18H23F2NO3/c19-13-3-4-14(15(20)11-13)18(5-1-2-6-18)16(22)21-12-17(23)7-9-24-10-8-17/h3-4,11,23H,1-2,5-10,12H2,(H,21,22). The van der Waals surface area contributed by atoms with Crippen molar-refractivity contribution in [3.05, 3.63) is 35.4 Å². The maximum atomic E-state index is 14.3. The third kappa shape index (κ3) is 3.30. The van der Waals surface area contributed by atoms with Gasteiger partial charge in [-0.2, -0.15) is 0 Å². The molecule has 132 valence electrons. The lowest BCUT2D eigenvalue weighted by Gasteiger charge is -2.34. The lowest BCUT2D eigenvalue weighted by Crippen LogP contribution is -2.51. The van der Waals surface area contributed by atoms with E-state index >= 15 is 0 Å². The lowest BCUT2D eigenvalue weighted by molar-refractivity contribution is -0.129. The molecule has 3 rings (SSSR count). The third-order valence-electron chi connectivity index (χ3n) is 5.34. The van der Waals surface area contributed by atoms with Crippen molar-refractivity contribution in [2.24, 2.45) is 0 Å². The molecule has 2 N–H and O–H groups in total. The maximum Gasteiger partial charge on any atom is 0.230 e. The van der Waals surface area contributed by atoms with E-state index in [0.717, 1.165) is 18.9 Å². The molecule has 1 aliphatic carbocycles. The molecule has 1 aromatic carbocycles. The number of carbonyl (C=O) groups excluding carboxylic acids is 1. The number of nitrogens with one attached hydrogen (secondary N) is 1. The van der Waals surface area contributed by atoms with E-state index < -0.39 is 22.7 Å². The van der Waals surface area contributed by atoms with E-state index in [1.807, 2.05) is 0 Å². The molecule has 1 amide bonds. The average Bonchev–Trinajstić information content (AvgIpc) is 3.04. The Morgan fingerprint density at radius 1 is 1.17 bits per heavy atom. The summed E-state index contributed by atoms with van der Waals surface area (Å²) >= 11 is 0. The van der Waals surface area contributed by atoms with Crippen molar-refractivity contribution >= 4 is 5.91 Å². The Hall–Kier alpha value is -1.53. The summed E-state index contributed by atoms with van der Waals surface area (Å²) in [6.45, 7) is 1.05. The summed E-state index contributed by atoms with van der Waals surface area (Å²) in [6.07, 6.45) is 3.63. The molecular formula is C18H23F2NO3. The van der Waals surface area contributed by atoms with E-state index in [0.29, 0.717) is 38.9 Å². The molecule has 1 aliphatic heterocycles. The second-order valence-electron chi connectivity index (χ2n) is 6.93. The molecule has 1 saturated carbocycles. The van der Waals surface area contributed by atoms with Crippen LogP contribution in [0.15, 0.2) is 18.2 Å². The smallest absolute Gasteiger partial charge is 0.230 e. The molecule has 2 fully saturated rings. The van der Waals surface area contributed by atoms with Gasteiger partial charge in [-0.25, -0.2) is 8.78 Å². The highest BCUT2D eigenvalue weighted by Crippen LogP contribution is 2.42. The largest absolute Gasteiger partial charge is 0.388 e. The van der Waals surface area contributed by atoms with Crippen LogP contribution in [0.1, 0.15) is 44.1 Å². The van der Waals surface area contributed by atoms with Gasteiger partial charge in [0.1, 0.15) is 11.6 Å². The molecule has 0 aromatic heterocycles. The van der Waals surface area contributed by atoms with Crippen molar-refractivity contribution in [1.29, 1.82) is 0 Å². The summed E-state index contributed by atoms with van der Waals surface area (Å²) in [4.78, 5) is 12.9. The van der Waals surface area contributed by atoms with Crippen LogP contribution >= 0.6 is 0 Å². The number of aliphatic hydroxyl groups is 1. The van der Waals surface area contributed by atoms with Gasteiger partial charge in [0, 0.05) is 44.2 Å². The van der Waals surface area contributed by atoms with E-state index in [1.165, 1.54) is 12.1 Å². The molecular weight excluding hydrogens is 316 g/mol. The highest BCUT2D eigenvalue weighted by molar-refractivity contribution is 5.88. The first-order valence-electron chi connectivity index (χ1n) is 8.49. The van der Waals surface area contributed by atoms with Crippen molar-refractivity contribution in [2.45, 2.75) is 49.5 Å². The maximum absolute atomic E-state index is 14.3. The van der Waals surface area contributed by atoms with Gasteiger partial charge in [0.15, 0.2) is 0 Å². The number of hydrogen-bond acceptors (Lipinski definition) is 3. The van der Waals surface area contributed by atoms with Crippen molar-refractivity contribution in [1.82, 2.24) is 5.32 Å². The Labute approximate surface area is 140 Å². The van der Waals surface area contributed by atoms with E-state index in [2.05, 4.69) is 5.32 Å². The van der Waals surface area contributed by atoms with Crippen LogP contribution in [0.25, 0.3) is 0 Å². The van der Waals surface area contributed by atoms with Gasteiger partial charge in [-0.15, -0.1) is 0 Å². The minimum absolute atomic E-state index is 0.125. The number of ether oxygens (including phenoxy) is 1. The topological polar surface area (TPSA) is 58.6 Å². The van der Waals surface area contributed by atoms with Crippen LogP contribution in [0.2, 0.25) is 0 Å². The minimum Gasteiger partial charge on any atom is -0.388 e. The Balaban J connectivity index is 1.78. The van der Waals surface area contributed by atoms with Crippen LogP contribution in [-0.2, 0) is 14.9 Å². The van der Waals surface area contributed by atoms with Gasteiger partial charge in [-0.05, 0) is 18.9 Å². The Bertz CT molecular complexity index is 608. The van der Waals surface area contributed by atoms with Gasteiger partial charge >= 0.3 is 0 Å². The summed E-state index contributed by atoms with van der Waals surface area (Å²) in [5, 5.41) is 13.3. The number of amides is 1. The SMILES string of the molecule is O=C(NCC1(O)CCOCC1)C1(c2ccc(F)cc2F)CCCC1. The van der Waals surface area contributed by atoms with E-state index in [4.69, 9.17) is 4.74 Å². The molecule has 0 unspecified atom stereocenters. The van der Waals surface area contributed by atoms with Gasteiger partial charge in [0.25, 0.3) is 0 Å². The highest BCUT2D eigenvalue weighted by Gasteiger charge is 2.45. The molecule has 2 aliphatic rings. The predicted molar refractivity (Wildman–Crippen MR) is 84.5 cm³/mol. The first-order valence-corrected chi connectivity index (χ1v) is 8.49. The van der Waals surface area contributed by atoms with Crippen molar-refractivity contribution < 1.29 is 23.4 Å². The number of rotatable bonds is 4. The molecule has 1 aromatic rings. The van der Waals surface area contributed by atoms with Gasteiger partial charge < -0.3 is 15.2 Å². The van der Waals surface area contributed by atoms with Crippen molar-refractivity contribution in [3.63, 3.8) is 0 Å². The van der Waals surface area contributed by atoms with Crippen molar-refractivity contribution in [2.75, 3.05) is 19.8 Å². The lowest BCUT2D eigenvalue weighted by atomic mass is 9.77. The molecule has 0 bridgehead atoms. The van der Waals surface area contributed by atoms with Crippen LogP contribution in [0.5, 0.6) is 0 Å². The predicted octanol–water partition coefficient (Wildman–Crippen LogP) is 2.43. The fraction of sp³-hybridized carbons (Fsp3) is 0.611. The van der Waals surface area contributed by atoms with Gasteiger partial charge in [0.05, 0.1) is 11.0 Å². The van der Waals surface area contributed by atoms with E-state index in [9.17, 15) is 18.7 Å². The van der Waals surface area contributed by atoms with E-state index in [1.54, 1.807) is 0 Å². The normalized spacial score (nSPS) is 22.3. The van der Waals surface area contributed by atoms with Crippen LogP contribution in [-0.4, -0.2) is 36.4 Å². The Kier molecular flexibility index (Phi) is 4.88. The zero-order chi connectivity index (χ0) is 17.2. The molecule has 24 heavy (non-hydrogen) atoms. The Morgan fingerprint density at radius 2 is 1.83 bits per heavy atom. The van der Waals surface area contributed by atoms with E-state index in [-0.39, 0.29) is 18.0 Å². The monoisotopic (exact) mass is 339 g/mol. The Morgan fingerprint density at radius 3 is 2.46 bits per heavy atom. The molecule has 4 nitrogen and oxygen atoms in total. The fourth-order valence-corrected chi connectivity index (χ4v) is 3.82. The third-order valence-corrected chi connectivity index (χ3v) is 5.34. The van der Waals surface area contributed by atoms with Crippen LogP contribution in [0.3, 0.4) is 0 Å². The number of carbonyl (C=O) groups is 1. The average molecular weight is 339 g/mol. The molecule has 0 atom stereocenters. The fourth-order valence-electron chi connectivity index (χ4n) is 3.82. The quantitative estimate of drug-likeness (QED) is 0.886. The summed E-state index contributed by atoms with van der Waals surface area (Å²) < 4.78 is 32.7. The van der Waals surface area contributed by atoms with Crippen molar-refractivity contribution in [3.8, 4) is 0 Å². The first kappa shape index (κ1) is 17.3. The zero-order valence-electron chi connectivity index (χ0n) is 13.6. The minimum atomic E-state index is -0.977. The van der Waals surface area contributed by atoms with Gasteiger partial charge in [-0.1, -0.05) is 18.9 Å². The molecule has 6 heteroatoms. The number of hydrogen-bond donors (Lipinski definition) is 2. The second-order valence-corrected chi connectivity index (χ2v) is 6.93. The van der Waals surface area contributed by atoms with Crippen LogP contribution in [0, 0.1) is 11.6 Å². The number of benzene rings is 1. The highest BCUT2D eigenvalue weighted by atomic mass is 19.1. The number of halogens is 2. The second kappa shape index (κ2) is 6.76. The first-order chi connectivity index (χ1) is 11.5. The van der Waals surface area contributed by atoms with Crippen LogP contribution in [0.4, 0.5) is 8.78 Å².